The Morgan fingerprint density at radius 3 is 2.62 bits per heavy atom. The number of nitrogens with one attached hydrogen (secondary N) is 1. The Morgan fingerprint density at radius 1 is 1.16 bits per heavy atom. The second kappa shape index (κ2) is 8.35. The van der Waals surface area contributed by atoms with Gasteiger partial charge in [0, 0.05) is 50.5 Å². The third-order valence-corrected chi connectivity index (χ3v) is 6.35. The van der Waals surface area contributed by atoms with Gasteiger partial charge < -0.3 is 10.2 Å². The maximum atomic E-state index is 11.9. The molecule has 8 heteroatoms. The van der Waals surface area contributed by atoms with Crippen LogP contribution in [0.2, 0.25) is 0 Å². The number of fused-ring (bicyclic) bond motifs is 1. The molecule has 2 aliphatic rings. The van der Waals surface area contributed by atoms with Gasteiger partial charge in [0.15, 0.2) is 12.1 Å². The van der Waals surface area contributed by atoms with Crippen molar-refractivity contribution in [1.82, 2.24) is 24.8 Å². The summed E-state index contributed by atoms with van der Waals surface area (Å²) in [6.07, 6.45) is 5.47. The largest absolute Gasteiger partial charge is 0.371 e. The number of aliphatic imine (C=N–C) groups is 1. The first-order valence-corrected chi connectivity index (χ1v) is 11.2. The Labute approximate surface area is 188 Å². The van der Waals surface area contributed by atoms with Gasteiger partial charge in [-0.1, -0.05) is 0 Å². The predicted octanol–water partition coefficient (Wildman–Crippen LogP) is 2.74. The van der Waals surface area contributed by atoms with Crippen LogP contribution in [-0.4, -0.2) is 70.9 Å². The number of aryl methyl sites for hydroxylation is 2. The SMILES string of the molecule is CN/C(=N\c1ccc(N2CCN(C3CC3)CC2)cc1C=O)c1cc2c(C)nc(C)cn2n1. The molecule has 1 aliphatic carbocycles. The van der Waals surface area contributed by atoms with E-state index in [9.17, 15) is 4.79 Å². The lowest BCUT2D eigenvalue weighted by Gasteiger charge is -2.36. The molecule has 0 unspecified atom stereocenters. The van der Waals surface area contributed by atoms with Gasteiger partial charge in [0.25, 0.3) is 0 Å². The summed E-state index contributed by atoms with van der Waals surface area (Å²) in [5, 5.41) is 7.79. The number of hydrogen-bond donors (Lipinski definition) is 1. The van der Waals surface area contributed by atoms with Crippen LogP contribution in [-0.2, 0) is 0 Å². The van der Waals surface area contributed by atoms with Crippen molar-refractivity contribution in [3.05, 3.63) is 53.1 Å². The van der Waals surface area contributed by atoms with Crippen molar-refractivity contribution in [2.45, 2.75) is 32.7 Å². The van der Waals surface area contributed by atoms with E-state index in [2.05, 4.69) is 31.3 Å². The molecule has 3 aromatic rings. The number of anilines is 1. The zero-order chi connectivity index (χ0) is 22.2. The van der Waals surface area contributed by atoms with E-state index < -0.39 is 0 Å². The average molecular weight is 432 g/mol. The van der Waals surface area contributed by atoms with Crippen LogP contribution in [0.4, 0.5) is 11.4 Å². The molecular weight excluding hydrogens is 402 g/mol. The molecular formula is C24H29N7O. The van der Waals surface area contributed by atoms with E-state index in [4.69, 9.17) is 4.99 Å². The first kappa shape index (κ1) is 20.6. The van der Waals surface area contributed by atoms with Gasteiger partial charge in [-0.2, -0.15) is 5.10 Å². The molecule has 1 saturated heterocycles. The fraction of sp³-hybridized carbons (Fsp3) is 0.417. The van der Waals surface area contributed by atoms with Gasteiger partial charge >= 0.3 is 0 Å². The fourth-order valence-corrected chi connectivity index (χ4v) is 4.49. The third-order valence-electron chi connectivity index (χ3n) is 6.35. The molecule has 32 heavy (non-hydrogen) atoms. The number of benzene rings is 1. The maximum absolute atomic E-state index is 11.9. The molecule has 8 nitrogen and oxygen atoms in total. The summed E-state index contributed by atoms with van der Waals surface area (Å²) >= 11 is 0. The zero-order valence-electron chi connectivity index (χ0n) is 18.9. The van der Waals surface area contributed by atoms with Crippen LogP contribution >= 0.6 is 0 Å². The van der Waals surface area contributed by atoms with Gasteiger partial charge in [0.1, 0.15) is 5.69 Å². The summed E-state index contributed by atoms with van der Waals surface area (Å²) in [7, 11) is 1.81. The number of rotatable bonds is 5. The van der Waals surface area contributed by atoms with Gasteiger partial charge in [-0.05, 0) is 51.0 Å². The van der Waals surface area contributed by atoms with E-state index in [1.54, 1.807) is 0 Å². The highest BCUT2D eigenvalue weighted by Crippen LogP contribution is 2.30. The number of aldehydes is 1. The van der Waals surface area contributed by atoms with Crippen molar-refractivity contribution in [2.24, 2.45) is 4.99 Å². The lowest BCUT2D eigenvalue weighted by atomic mass is 10.1. The second-order valence-electron chi connectivity index (χ2n) is 8.65. The Hall–Kier alpha value is -3.26. The summed E-state index contributed by atoms with van der Waals surface area (Å²) in [6.45, 7) is 8.09. The molecule has 1 N–H and O–H groups in total. The highest BCUT2D eigenvalue weighted by molar-refractivity contribution is 6.01. The first-order chi connectivity index (χ1) is 15.6. The van der Waals surface area contributed by atoms with Gasteiger partial charge in [0.05, 0.1) is 28.8 Å². The van der Waals surface area contributed by atoms with Crippen LogP contribution in [0, 0.1) is 13.8 Å². The molecule has 0 amide bonds. The van der Waals surface area contributed by atoms with Gasteiger partial charge in [-0.3, -0.25) is 14.7 Å². The summed E-state index contributed by atoms with van der Waals surface area (Å²) in [5.74, 6) is 0.611. The van der Waals surface area contributed by atoms with E-state index in [0.717, 1.165) is 61.1 Å². The standard InChI is InChI=1S/C24H29N7O/c1-16-14-31-23(17(2)26-16)13-22(28-31)24(25-3)27-21-7-6-20(12-18(21)15-32)30-10-8-29(9-11-30)19-4-5-19/h6-7,12-15,19H,4-5,8-11H2,1-3H3,(H,25,27). The lowest BCUT2D eigenvalue weighted by Crippen LogP contribution is -2.47. The maximum Gasteiger partial charge on any atom is 0.154 e. The number of carbonyl (C=O) groups is 1. The van der Waals surface area contributed by atoms with E-state index in [0.29, 0.717) is 22.8 Å². The number of carbonyl (C=O) groups excluding carboxylic acids is 1. The number of nitrogens with zero attached hydrogens (tertiary/aromatic N) is 6. The molecule has 1 aliphatic heterocycles. The van der Waals surface area contributed by atoms with Crippen molar-refractivity contribution in [1.29, 1.82) is 0 Å². The smallest absolute Gasteiger partial charge is 0.154 e. The normalized spacial score (nSPS) is 17.7. The van der Waals surface area contributed by atoms with Gasteiger partial charge in [0.2, 0.25) is 0 Å². The van der Waals surface area contributed by atoms with E-state index in [1.165, 1.54) is 12.8 Å². The summed E-state index contributed by atoms with van der Waals surface area (Å²) in [5.41, 5.74) is 5.76. The van der Waals surface area contributed by atoms with Crippen LogP contribution in [0.15, 0.2) is 35.5 Å². The molecule has 3 heterocycles. The molecule has 0 spiro atoms. The first-order valence-electron chi connectivity index (χ1n) is 11.2. The highest BCUT2D eigenvalue weighted by atomic mass is 16.1. The van der Waals surface area contributed by atoms with E-state index in [1.807, 2.05) is 49.8 Å². The number of hydrogen-bond acceptors (Lipinski definition) is 6. The minimum Gasteiger partial charge on any atom is -0.371 e. The van der Waals surface area contributed by atoms with Gasteiger partial charge in [-0.15, -0.1) is 0 Å². The number of aromatic nitrogens is 3. The molecule has 1 aromatic carbocycles. The number of piperazine rings is 1. The third kappa shape index (κ3) is 3.98. The van der Waals surface area contributed by atoms with Crippen LogP contribution in [0.1, 0.15) is 40.3 Å². The van der Waals surface area contributed by atoms with Crippen LogP contribution in [0.5, 0.6) is 0 Å². The Morgan fingerprint density at radius 2 is 1.94 bits per heavy atom. The molecule has 2 aromatic heterocycles. The number of amidine groups is 1. The molecule has 0 atom stereocenters. The second-order valence-corrected chi connectivity index (χ2v) is 8.65. The van der Waals surface area contributed by atoms with E-state index >= 15 is 0 Å². The summed E-state index contributed by atoms with van der Waals surface area (Å²) in [6, 6.07) is 8.71. The van der Waals surface area contributed by atoms with Crippen LogP contribution in [0.25, 0.3) is 5.52 Å². The molecule has 1 saturated carbocycles. The quantitative estimate of drug-likeness (QED) is 0.380. The predicted molar refractivity (Wildman–Crippen MR) is 126 cm³/mol. The topological polar surface area (TPSA) is 78.1 Å². The molecule has 5 rings (SSSR count). The van der Waals surface area contributed by atoms with Crippen molar-refractivity contribution in [2.75, 3.05) is 38.1 Å². The van der Waals surface area contributed by atoms with Crippen molar-refractivity contribution in [3.8, 4) is 0 Å². The average Bonchev–Trinajstić information content (AvgIpc) is 3.57. The summed E-state index contributed by atoms with van der Waals surface area (Å²) < 4.78 is 1.82. The van der Waals surface area contributed by atoms with Crippen molar-refractivity contribution < 1.29 is 4.79 Å². The summed E-state index contributed by atoms with van der Waals surface area (Å²) in [4.78, 5) is 26.1. The van der Waals surface area contributed by atoms with Crippen molar-refractivity contribution >= 4 is 29.0 Å². The zero-order valence-corrected chi connectivity index (χ0v) is 18.9. The van der Waals surface area contributed by atoms with Gasteiger partial charge in [-0.25, -0.2) is 9.51 Å². The van der Waals surface area contributed by atoms with E-state index in [-0.39, 0.29) is 0 Å². The van der Waals surface area contributed by atoms with Crippen LogP contribution in [0.3, 0.4) is 0 Å². The van der Waals surface area contributed by atoms with Crippen molar-refractivity contribution in [3.63, 3.8) is 0 Å². The molecule has 0 bridgehead atoms. The Balaban J connectivity index is 1.42. The molecule has 2 fully saturated rings. The Bertz CT molecular complexity index is 1190. The lowest BCUT2D eigenvalue weighted by molar-refractivity contribution is 0.112. The highest BCUT2D eigenvalue weighted by Gasteiger charge is 2.31. The van der Waals surface area contributed by atoms with Crippen LogP contribution < -0.4 is 10.2 Å². The minimum atomic E-state index is 0.581. The molecule has 0 radical (unpaired) electrons. The Kier molecular flexibility index (Phi) is 5.38. The minimum absolute atomic E-state index is 0.581. The monoisotopic (exact) mass is 431 g/mol. The fourth-order valence-electron chi connectivity index (χ4n) is 4.49. The molecule has 166 valence electrons.